The molecule has 1 aliphatic heterocycles. The van der Waals surface area contributed by atoms with Crippen molar-refractivity contribution in [1.29, 1.82) is 0 Å². The van der Waals surface area contributed by atoms with Crippen LogP contribution in [-0.2, 0) is 4.74 Å². The fourth-order valence-corrected chi connectivity index (χ4v) is 2.69. The van der Waals surface area contributed by atoms with Gasteiger partial charge in [-0.2, -0.15) is 0 Å². The molecule has 1 saturated heterocycles. The fraction of sp³-hybridized carbons (Fsp3) is 0.353. The molecule has 2 aromatic rings. The normalized spacial score (nSPS) is 17.1. The summed E-state index contributed by atoms with van der Waals surface area (Å²) in [5.74, 6) is 0.387. The van der Waals surface area contributed by atoms with Crippen LogP contribution in [0, 0.1) is 0 Å². The van der Waals surface area contributed by atoms with Crippen LogP contribution in [0.25, 0.3) is 0 Å². The summed E-state index contributed by atoms with van der Waals surface area (Å²) in [5.41, 5.74) is 1.69. The number of hydrogen-bond donors (Lipinski definition) is 1. The number of carbonyl (C=O) groups excluding carboxylic acids is 1. The second-order valence-electron chi connectivity index (χ2n) is 5.42. The molecule has 0 aliphatic carbocycles. The van der Waals surface area contributed by atoms with E-state index >= 15 is 0 Å². The lowest BCUT2D eigenvalue weighted by Gasteiger charge is -2.19. The average Bonchev–Trinajstić information content (AvgIpc) is 3.05. The van der Waals surface area contributed by atoms with Crippen molar-refractivity contribution in [3.63, 3.8) is 0 Å². The summed E-state index contributed by atoms with van der Waals surface area (Å²) in [6.45, 7) is 4.04. The molecular weight excluding hydrogens is 292 g/mol. The van der Waals surface area contributed by atoms with E-state index in [0.717, 1.165) is 25.2 Å². The van der Waals surface area contributed by atoms with E-state index in [2.05, 4.69) is 20.2 Å². The largest absolute Gasteiger partial charge is 0.462 e. The molecule has 0 saturated carbocycles. The van der Waals surface area contributed by atoms with Crippen LogP contribution < -0.4 is 10.2 Å². The molecule has 1 aromatic heterocycles. The molecule has 6 heteroatoms. The molecule has 23 heavy (non-hydrogen) atoms. The van der Waals surface area contributed by atoms with Gasteiger partial charge < -0.3 is 15.0 Å². The van der Waals surface area contributed by atoms with Crippen molar-refractivity contribution in [2.75, 3.05) is 29.9 Å². The number of nitrogens with zero attached hydrogens (tertiary/aromatic N) is 3. The van der Waals surface area contributed by atoms with Crippen LogP contribution in [0.5, 0.6) is 0 Å². The first-order chi connectivity index (χ1) is 11.3. The van der Waals surface area contributed by atoms with Crippen LogP contribution in [0.4, 0.5) is 11.6 Å². The summed E-state index contributed by atoms with van der Waals surface area (Å²) >= 11 is 0. The van der Waals surface area contributed by atoms with Crippen molar-refractivity contribution in [1.82, 2.24) is 9.97 Å². The quantitative estimate of drug-likeness (QED) is 0.855. The van der Waals surface area contributed by atoms with Gasteiger partial charge in [0.15, 0.2) is 0 Å². The van der Waals surface area contributed by atoms with Crippen molar-refractivity contribution in [2.45, 2.75) is 19.4 Å². The number of esters is 1. The van der Waals surface area contributed by atoms with E-state index in [0.29, 0.717) is 24.2 Å². The number of rotatable bonds is 5. The Morgan fingerprint density at radius 3 is 2.74 bits per heavy atom. The number of nitrogens with one attached hydrogen (secondary N) is 1. The van der Waals surface area contributed by atoms with E-state index in [1.165, 1.54) is 0 Å². The van der Waals surface area contributed by atoms with Crippen molar-refractivity contribution < 1.29 is 9.53 Å². The minimum absolute atomic E-state index is 0.277. The Kier molecular flexibility index (Phi) is 4.71. The molecule has 0 amide bonds. The van der Waals surface area contributed by atoms with Gasteiger partial charge in [0.1, 0.15) is 0 Å². The lowest BCUT2D eigenvalue weighted by Crippen LogP contribution is -2.26. The predicted molar refractivity (Wildman–Crippen MR) is 88.7 cm³/mol. The second kappa shape index (κ2) is 7.09. The van der Waals surface area contributed by atoms with Gasteiger partial charge in [-0.1, -0.05) is 0 Å². The summed E-state index contributed by atoms with van der Waals surface area (Å²) in [6.07, 6.45) is 4.49. The summed E-state index contributed by atoms with van der Waals surface area (Å²) in [7, 11) is 0. The van der Waals surface area contributed by atoms with Crippen LogP contribution in [0.1, 0.15) is 23.7 Å². The van der Waals surface area contributed by atoms with Gasteiger partial charge in [0.2, 0.25) is 5.95 Å². The molecule has 1 N–H and O–H groups in total. The van der Waals surface area contributed by atoms with Crippen molar-refractivity contribution in [3.8, 4) is 0 Å². The van der Waals surface area contributed by atoms with E-state index in [-0.39, 0.29) is 5.97 Å². The van der Waals surface area contributed by atoms with E-state index in [9.17, 15) is 4.79 Å². The molecule has 3 rings (SSSR count). The van der Waals surface area contributed by atoms with Crippen LogP contribution >= 0.6 is 0 Å². The van der Waals surface area contributed by atoms with E-state index in [1.807, 2.05) is 24.3 Å². The zero-order chi connectivity index (χ0) is 16.1. The number of hydrogen-bond acceptors (Lipinski definition) is 6. The summed E-state index contributed by atoms with van der Waals surface area (Å²) in [6, 6.07) is 9.68. The zero-order valence-corrected chi connectivity index (χ0v) is 13.1. The van der Waals surface area contributed by atoms with Crippen LogP contribution in [0.15, 0.2) is 42.7 Å². The Morgan fingerprint density at radius 1 is 1.30 bits per heavy atom. The Bertz CT molecular complexity index is 645. The van der Waals surface area contributed by atoms with Crippen molar-refractivity contribution >= 4 is 17.6 Å². The fourth-order valence-electron chi connectivity index (χ4n) is 2.69. The molecule has 0 unspecified atom stereocenters. The lowest BCUT2D eigenvalue weighted by molar-refractivity contribution is 0.0526. The maximum atomic E-state index is 11.7. The molecule has 1 atom stereocenters. The first-order valence-corrected chi connectivity index (χ1v) is 7.82. The monoisotopic (exact) mass is 312 g/mol. The smallest absolute Gasteiger partial charge is 0.338 e. The van der Waals surface area contributed by atoms with Gasteiger partial charge >= 0.3 is 5.97 Å². The topological polar surface area (TPSA) is 67.3 Å². The predicted octanol–water partition coefficient (Wildman–Crippen LogP) is 2.34. The third-order valence-electron chi connectivity index (χ3n) is 3.83. The summed E-state index contributed by atoms with van der Waals surface area (Å²) in [4.78, 5) is 22.4. The van der Waals surface area contributed by atoms with E-state index in [1.54, 1.807) is 25.4 Å². The zero-order valence-electron chi connectivity index (χ0n) is 13.1. The van der Waals surface area contributed by atoms with Gasteiger partial charge in [-0.05, 0) is 43.7 Å². The molecule has 1 aromatic carbocycles. The standard InChI is InChI=1S/C17H20N4O2/c1-2-23-16(22)13-4-6-15(7-5-13)21-11-8-14(12-21)20-17-18-9-3-10-19-17/h3-7,9-10,14H,2,8,11-12H2,1H3,(H,18,19,20)/t14-/m0/s1. The highest BCUT2D eigenvalue weighted by molar-refractivity contribution is 5.89. The Labute approximate surface area is 135 Å². The number of aromatic nitrogens is 2. The lowest BCUT2D eigenvalue weighted by atomic mass is 10.2. The molecule has 120 valence electrons. The number of benzene rings is 1. The Balaban J connectivity index is 1.59. The van der Waals surface area contributed by atoms with E-state index in [4.69, 9.17) is 4.74 Å². The molecule has 1 aliphatic rings. The third-order valence-corrected chi connectivity index (χ3v) is 3.83. The summed E-state index contributed by atoms with van der Waals surface area (Å²) in [5, 5.41) is 3.35. The molecule has 0 spiro atoms. The van der Waals surface area contributed by atoms with Crippen LogP contribution in [0.2, 0.25) is 0 Å². The highest BCUT2D eigenvalue weighted by atomic mass is 16.5. The molecule has 0 bridgehead atoms. The molecule has 1 fully saturated rings. The average molecular weight is 312 g/mol. The first kappa shape index (κ1) is 15.3. The van der Waals surface area contributed by atoms with Gasteiger partial charge in [0, 0.05) is 37.2 Å². The maximum absolute atomic E-state index is 11.7. The summed E-state index contributed by atoms with van der Waals surface area (Å²) < 4.78 is 5.00. The number of ether oxygens (including phenoxy) is 1. The first-order valence-electron chi connectivity index (χ1n) is 7.82. The van der Waals surface area contributed by atoms with E-state index < -0.39 is 0 Å². The highest BCUT2D eigenvalue weighted by Gasteiger charge is 2.23. The van der Waals surface area contributed by atoms with Gasteiger partial charge in [-0.25, -0.2) is 14.8 Å². The van der Waals surface area contributed by atoms with Crippen LogP contribution in [-0.4, -0.2) is 41.7 Å². The van der Waals surface area contributed by atoms with Crippen molar-refractivity contribution in [2.24, 2.45) is 0 Å². The van der Waals surface area contributed by atoms with Gasteiger partial charge in [-0.15, -0.1) is 0 Å². The minimum Gasteiger partial charge on any atom is -0.462 e. The molecule has 2 heterocycles. The number of anilines is 2. The third kappa shape index (κ3) is 3.77. The highest BCUT2D eigenvalue weighted by Crippen LogP contribution is 2.22. The number of carbonyl (C=O) groups is 1. The molecular formula is C17H20N4O2. The SMILES string of the molecule is CCOC(=O)c1ccc(N2CC[C@H](Nc3ncccn3)C2)cc1. The van der Waals surface area contributed by atoms with Gasteiger partial charge in [-0.3, -0.25) is 0 Å². The van der Waals surface area contributed by atoms with Crippen LogP contribution in [0.3, 0.4) is 0 Å². The molecule has 6 nitrogen and oxygen atoms in total. The Morgan fingerprint density at radius 2 is 2.04 bits per heavy atom. The van der Waals surface area contributed by atoms with Gasteiger partial charge in [0.25, 0.3) is 0 Å². The maximum Gasteiger partial charge on any atom is 0.338 e. The second-order valence-corrected chi connectivity index (χ2v) is 5.42. The van der Waals surface area contributed by atoms with Crippen molar-refractivity contribution in [3.05, 3.63) is 48.3 Å². The van der Waals surface area contributed by atoms with Gasteiger partial charge in [0.05, 0.1) is 12.2 Å². The Hall–Kier alpha value is -2.63. The molecule has 0 radical (unpaired) electrons. The minimum atomic E-state index is -0.277.